The average Bonchev–Trinajstić information content (AvgIpc) is 3.27. The van der Waals surface area contributed by atoms with Crippen LogP contribution in [0.2, 0.25) is 0 Å². The molecule has 0 aliphatic heterocycles. The van der Waals surface area contributed by atoms with Crippen molar-refractivity contribution in [1.82, 2.24) is 25.1 Å². The van der Waals surface area contributed by atoms with E-state index in [2.05, 4.69) is 20.5 Å². The van der Waals surface area contributed by atoms with Crippen LogP contribution in [0, 0.1) is 0 Å². The SMILES string of the molecule is CCn1nnc2cc(-c3noc(-c4ccc(C(F)(F)F)cc4)n3)ccc21. The molecule has 0 aliphatic carbocycles. The summed E-state index contributed by atoms with van der Waals surface area (Å²) in [6.45, 7) is 2.67. The van der Waals surface area contributed by atoms with Crippen LogP contribution in [0.4, 0.5) is 13.2 Å². The van der Waals surface area contributed by atoms with Gasteiger partial charge in [0.15, 0.2) is 0 Å². The molecule has 0 unspecified atom stereocenters. The second kappa shape index (κ2) is 5.94. The van der Waals surface area contributed by atoms with Gasteiger partial charge in [-0.2, -0.15) is 18.2 Å². The molecule has 132 valence electrons. The molecule has 0 saturated heterocycles. The Morgan fingerprint density at radius 1 is 1.04 bits per heavy atom. The van der Waals surface area contributed by atoms with Crippen molar-refractivity contribution in [2.45, 2.75) is 19.6 Å². The molecule has 4 aromatic rings. The summed E-state index contributed by atoms with van der Waals surface area (Å²) >= 11 is 0. The largest absolute Gasteiger partial charge is 0.416 e. The summed E-state index contributed by atoms with van der Waals surface area (Å²) < 4.78 is 44.9. The first-order chi connectivity index (χ1) is 12.5. The van der Waals surface area contributed by atoms with Gasteiger partial charge >= 0.3 is 6.18 Å². The number of hydrogen-bond donors (Lipinski definition) is 0. The highest BCUT2D eigenvalue weighted by Crippen LogP contribution is 2.31. The van der Waals surface area contributed by atoms with Crippen LogP contribution in [-0.2, 0) is 12.7 Å². The molecule has 0 amide bonds. The van der Waals surface area contributed by atoms with Gasteiger partial charge in [0.05, 0.1) is 11.1 Å². The van der Waals surface area contributed by atoms with Gasteiger partial charge in [0.1, 0.15) is 5.52 Å². The molecule has 0 bridgehead atoms. The molecule has 9 heteroatoms. The van der Waals surface area contributed by atoms with Crippen LogP contribution in [0.25, 0.3) is 33.9 Å². The highest BCUT2D eigenvalue weighted by Gasteiger charge is 2.30. The minimum absolute atomic E-state index is 0.144. The summed E-state index contributed by atoms with van der Waals surface area (Å²) in [4.78, 5) is 4.26. The third-order valence-electron chi connectivity index (χ3n) is 3.96. The van der Waals surface area contributed by atoms with Crippen LogP contribution in [0.3, 0.4) is 0 Å². The lowest BCUT2D eigenvalue weighted by Gasteiger charge is -2.05. The Morgan fingerprint density at radius 2 is 1.77 bits per heavy atom. The van der Waals surface area contributed by atoms with E-state index in [1.165, 1.54) is 12.1 Å². The Labute approximate surface area is 145 Å². The third-order valence-corrected chi connectivity index (χ3v) is 3.96. The van der Waals surface area contributed by atoms with Crippen LogP contribution in [0.15, 0.2) is 47.0 Å². The van der Waals surface area contributed by atoms with E-state index in [-0.39, 0.29) is 5.89 Å². The average molecular weight is 359 g/mol. The minimum Gasteiger partial charge on any atom is -0.334 e. The van der Waals surface area contributed by atoms with Crippen molar-refractivity contribution < 1.29 is 17.7 Å². The molecule has 0 saturated carbocycles. The number of benzene rings is 2. The van der Waals surface area contributed by atoms with Crippen molar-refractivity contribution in [1.29, 1.82) is 0 Å². The Hall–Kier alpha value is -3.23. The first kappa shape index (κ1) is 16.2. The molecule has 2 heterocycles. The zero-order valence-electron chi connectivity index (χ0n) is 13.5. The van der Waals surface area contributed by atoms with Crippen LogP contribution in [-0.4, -0.2) is 25.1 Å². The van der Waals surface area contributed by atoms with Crippen LogP contribution in [0.1, 0.15) is 12.5 Å². The van der Waals surface area contributed by atoms with Gasteiger partial charge in [-0.25, -0.2) is 4.68 Å². The number of aromatic nitrogens is 5. The Balaban J connectivity index is 1.65. The second-order valence-corrected chi connectivity index (χ2v) is 5.61. The molecule has 4 rings (SSSR count). The maximum atomic E-state index is 12.6. The lowest BCUT2D eigenvalue weighted by molar-refractivity contribution is -0.137. The van der Waals surface area contributed by atoms with Gasteiger partial charge in [-0.1, -0.05) is 10.4 Å². The topological polar surface area (TPSA) is 69.6 Å². The maximum Gasteiger partial charge on any atom is 0.416 e. The van der Waals surface area contributed by atoms with Crippen LogP contribution < -0.4 is 0 Å². The second-order valence-electron chi connectivity index (χ2n) is 5.61. The van der Waals surface area contributed by atoms with E-state index in [0.717, 1.165) is 17.6 Å². The van der Waals surface area contributed by atoms with E-state index < -0.39 is 11.7 Å². The standard InChI is InChI=1S/C17H12F3N5O/c1-2-25-14-8-5-11(9-13(14)22-24-25)15-21-16(26-23-15)10-3-6-12(7-4-10)17(18,19)20/h3-9H,2H2,1H3. The summed E-state index contributed by atoms with van der Waals surface area (Å²) in [5, 5.41) is 12.0. The van der Waals surface area contributed by atoms with Gasteiger partial charge in [0.2, 0.25) is 5.82 Å². The van der Waals surface area contributed by atoms with Gasteiger partial charge in [-0.15, -0.1) is 5.10 Å². The summed E-state index contributed by atoms with van der Waals surface area (Å²) in [6, 6.07) is 10.0. The predicted octanol–water partition coefficient (Wildman–Crippen LogP) is 4.19. The van der Waals surface area contributed by atoms with E-state index in [1.54, 1.807) is 10.7 Å². The molecule has 0 spiro atoms. The number of fused-ring (bicyclic) bond motifs is 1. The van der Waals surface area contributed by atoms with Crippen molar-refractivity contribution >= 4 is 11.0 Å². The summed E-state index contributed by atoms with van der Waals surface area (Å²) in [5.74, 6) is 0.471. The molecule has 0 N–H and O–H groups in total. The number of rotatable bonds is 3. The normalized spacial score (nSPS) is 12.0. The molecule has 6 nitrogen and oxygen atoms in total. The first-order valence-corrected chi connectivity index (χ1v) is 7.80. The van der Waals surface area contributed by atoms with E-state index in [0.29, 0.717) is 29.0 Å². The zero-order chi connectivity index (χ0) is 18.3. The quantitative estimate of drug-likeness (QED) is 0.549. The van der Waals surface area contributed by atoms with Gasteiger partial charge in [0.25, 0.3) is 5.89 Å². The maximum absolute atomic E-state index is 12.6. The highest BCUT2D eigenvalue weighted by molar-refractivity contribution is 5.80. The Kier molecular flexibility index (Phi) is 3.71. The molecule has 26 heavy (non-hydrogen) atoms. The van der Waals surface area contributed by atoms with Gasteiger partial charge in [-0.3, -0.25) is 0 Å². The van der Waals surface area contributed by atoms with Crippen molar-refractivity contribution in [3.05, 3.63) is 48.0 Å². The van der Waals surface area contributed by atoms with Gasteiger partial charge < -0.3 is 4.52 Å². The smallest absolute Gasteiger partial charge is 0.334 e. The molecular weight excluding hydrogens is 347 g/mol. The number of nitrogens with zero attached hydrogens (tertiary/aromatic N) is 5. The Morgan fingerprint density at radius 3 is 2.46 bits per heavy atom. The first-order valence-electron chi connectivity index (χ1n) is 7.80. The van der Waals surface area contributed by atoms with E-state index in [4.69, 9.17) is 4.52 Å². The number of alkyl halides is 3. The zero-order valence-corrected chi connectivity index (χ0v) is 13.5. The lowest BCUT2D eigenvalue weighted by Crippen LogP contribution is -2.03. The Bertz CT molecular complexity index is 1070. The predicted molar refractivity (Wildman–Crippen MR) is 86.9 cm³/mol. The number of aryl methyl sites for hydroxylation is 1. The summed E-state index contributed by atoms with van der Waals surface area (Å²) in [5.41, 5.74) is 1.95. The number of hydrogen-bond acceptors (Lipinski definition) is 5. The summed E-state index contributed by atoms with van der Waals surface area (Å²) in [7, 11) is 0. The monoisotopic (exact) mass is 359 g/mol. The molecule has 0 atom stereocenters. The minimum atomic E-state index is -4.39. The lowest BCUT2D eigenvalue weighted by atomic mass is 10.1. The van der Waals surface area contributed by atoms with Crippen molar-refractivity contribution in [2.75, 3.05) is 0 Å². The van der Waals surface area contributed by atoms with E-state index in [1.807, 2.05) is 19.1 Å². The fraction of sp³-hybridized carbons (Fsp3) is 0.176. The highest BCUT2D eigenvalue weighted by atomic mass is 19.4. The van der Waals surface area contributed by atoms with Crippen LogP contribution in [0.5, 0.6) is 0 Å². The third kappa shape index (κ3) is 2.81. The molecule has 2 aromatic heterocycles. The molecule has 0 fully saturated rings. The number of halogens is 3. The molecule has 2 aromatic carbocycles. The van der Waals surface area contributed by atoms with E-state index >= 15 is 0 Å². The fourth-order valence-corrected chi connectivity index (χ4v) is 2.60. The summed E-state index contributed by atoms with van der Waals surface area (Å²) in [6.07, 6.45) is -4.39. The van der Waals surface area contributed by atoms with Crippen LogP contribution >= 0.6 is 0 Å². The molecule has 0 radical (unpaired) electrons. The molecule has 0 aliphatic rings. The fourth-order valence-electron chi connectivity index (χ4n) is 2.60. The van der Waals surface area contributed by atoms with Crippen molar-refractivity contribution in [3.8, 4) is 22.8 Å². The van der Waals surface area contributed by atoms with E-state index in [9.17, 15) is 13.2 Å². The van der Waals surface area contributed by atoms with Gasteiger partial charge in [0, 0.05) is 17.7 Å². The molecular formula is C17H12F3N5O. The van der Waals surface area contributed by atoms with Gasteiger partial charge in [-0.05, 0) is 49.4 Å². The van der Waals surface area contributed by atoms with Crippen molar-refractivity contribution in [2.24, 2.45) is 0 Å². The van der Waals surface area contributed by atoms with Crippen molar-refractivity contribution in [3.63, 3.8) is 0 Å².